The molecule has 7 nitrogen and oxygen atoms in total. The molecular formula is C24H28N4O3. The fourth-order valence-electron chi connectivity index (χ4n) is 4.59. The van der Waals surface area contributed by atoms with Crippen molar-refractivity contribution in [2.75, 3.05) is 22.9 Å². The van der Waals surface area contributed by atoms with E-state index in [1.54, 1.807) is 0 Å². The lowest BCUT2D eigenvalue weighted by atomic mass is 9.99. The first-order valence-electron chi connectivity index (χ1n) is 10.8. The van der Waals surface area contributed by atoms with Crippen LogP contribution >= 0.6 is 0 Å². The molecule has 4 N–H and O–H groups in total. The first-order chi connectivity index (χ1) is 14.9. The molecule has 0 spiro atoms. The molecule has 1 fully saturated rings. The second-order valence-electron chi connectivity index (χ2n) is 8.26. The first kappa shape index (κ1) is 20.9. The van der Waals surface area contributed by atoms with Gasteiger partial charge in [0.15, 0.2) is 0 Å². The Morgan fingerprint density at radius 3 is 2.58 bits per heavy atom. The lowest BCUT2D eigenvalue weighted by Gasteiger charge is -2.32. The van der Waals surface area contributed by atoms with E-state index in [-0.39, 0.29) is 11.7 Å². The van der Waals surface area contributed by atoms with Gasteiger partial charge >= 0.3 is 5.97 Å². The zero-order valence-electron chi connectivity index (χ0n) is 17.5. The molecule has 0 aromatic heterocycles. The molecule has 2 heterocycles. The summed E-state index contributed by atoms with van der Waals surface area (Å²) in [7, 11) is 0. The van der Waals surface area contributed by atoms with Crippen molar-refractivity contribution in [2.45, 2.75) is 44.6 Å². The number of anilines is 2. The van der Waals surface area contributed by atoms with Gasteiger partial charge in [0.05, 0.1) is 0 Å². The molecule has 4 rings (SSSR count). The van der Waals surface area contributed by atoms with Crippen molar-refractivity contribution in [1.29, 1.82) is 5.41 Å². The number of hydrogen-bond acceptors (Lipinski definition) is 4. The number of carboxylic acids is 1. The first-order valence-corrected chi connectivity index (χ1v) is 10.8. The molecule has 1 unspecified atom stereocenters. The molecule has 0 radical (unpaired) electrons. The van der Waals surface area contributed by atoms with Crippen LogP contribution in [0.1, 0.15) is 42.4 Å². The third kappa shape index (κ3) is 4.40. The van der Waals surface area contributed by atoms with Crippen molar-refractivity contribution in [3.63, 3.8) is 0 Å². The van der Waals surface area contributed by atoms with Crippen LogP contribution in [0.25, 0.3) is 0 Å². The largest absolute Gasteiger partial charge is 0.480 e. The molecule has 1 saturated heterocycles. The number of benzene rings is 2. The zero-order valence-corrected chi connectivity index (χ0v) is 17.5. The molecule has 162 valence electrons. The number of nitrogens with zero attached hydrogens (tertiary/aromatic N) is 2. The predicted octanol–water partition coefficient (Wildman–Crippen LogP) is 2.94. The molecule has 2 aromatic rings. The summed E-state index contributed by atoms with van der Waals surface area (Å²) in [6.07, 6.45) is 4.39. The van der Waals surface area contributed by atoms with E-state index >= 15 is 0 Å². The van der Waals surface area contributed by atoms with Gasteiger partial charge in [0, 0.05) is 36.4 Å². The Kier molecular flexibility index (Phi) is 5.93. The SMILES string of the molecule is N=C(N)c1ccc(CCC(=O)N2CCCc3cc(N4CCCC4C(=O)O)ccc32)cc1. The maximum atomic E-state index is 13.0. The molecule has 0 saturated carbocycles. The van der Waals surface area contributed by atoms with Gasteiger partial charge in [-0.05, 0) is 61.4 Å². The van der Waals surface area contributed by atoms with Crippen LogP contribution in [0.15, 0.2) is 42.5 Å². The summed E-state index contributed by atoms with van der Waals surface area (Å²) in [5.74, 6) is -0.646. The van der Waals surface area contributed by atoms with Crippen molar-refractivity contribution in [1.82, 2.24) is 0 Å². The number of nitrogen functional groups attached to an aromatic ring is 1. The maximum absolute atomic E-state index is 13.0. The quantitative estimate of drug-likeness (QED) is 0.492. The topological polar surface area (TPSA) is 111 Å². The van der Waals surface area contributed by atoms with Crippen LogP contribution in [0, 0.1) is 5.41 Å². The van der Waals surface area contributed by atoms with Crippen molar-refractivity contribution < 1.29 is 14.7 Å². The standard InChI is InChI=1S/C24H28N4O3/c25-23(26)17-8-5-16(6-9-17)7-12-22(29)28-14-1-3-18-15-19(10-11-20(18)28)27-13-2-4-21(27)24(30)31/h5-6,8-11,15,21H,1-4,7,12-14H2,(H3,25,26)(H,30,31). The van der Waals surface area contributed by atoms with Crippen LogP contribution in [0.5, 0.6) is 0 Å². The van der Waals surface area contributed by atoms with Gasteiger partial charge in [0.25, 0.3) is 0 Å². The Balaban J connectivity index is 1.45. The summed E-state index contributed by atoms with van der Waals surface area (Å²) < 4.78 is 0. The number of amidine groups is 1. The third-order valence-electron chi connectivity index (χ3n) is 6.24. The summed E-state index contributed by atoms with van der Waals surface area (Å²) in [5.41, 5.74) is 10.2. The number of hydrogen-bond donors (Lipinski definition) is 3. The number of fused-ring (bicyclic) bond motifs is 1. The fourth-order valence-corrected chi connectivity index (χ4v) is 4.59. The lowest BCUT2D eigenvalue weighted by Crippen LogP contribution is -2.37. The predicted molar refractivity (Wildman–Crippen MR) is 121 cm³/mol. The Morgan fingerprint density at radius 1 is 1.10 bits per heavy atom. The van der Waals surface area contributed by atoms with Crippen molar-refractivity contribution in [3.8, 4) is 0 Å². The van der Waals surface area contributed by atoms with E-state index in [0.717, 1.165) is 48.3 Å². The number of nitrogens with one attached hydrogen (secondary N) is 1. The van der Waals surface area contributed by atoms with E-state index in [1.807, 2.05) is 46.2 Å². The molecule has 0 bridgehead atoms. The molecule has 1 amide bonds. The number of nitrogens with two attached hydrogens (primary N) is 1. The molecule has 0 aliphatic carbocycles. The second-order valence-corrected chi connectivity index (χ2v) is 8.26. The summed E-state index contributed by atoms with van der Waals surface area (Å²) in [6, 6.07) is 13.0. The van der Waals surface area contributed by atoms with Crippen molar-refractivity contribution in [3.05, 3.63) is 59.2 Å². The Morgan fingerprint density at radius 2 is 1.87 bits per heavy atom. The van der Waals surface area contributed by atoms with E-state index in [9.17, 15) is 14.7 Å². The van der Waals surface area contributed by atoms with Gasteiger partial charge in [0.1, 0.15) is 11.9 Å². The molecule has 7 heteroatoms. The smallest absolute Gasteiger partial charge is 0.326 e. The van der Waals surface area contributed by atoms with Crippen LogP contribution < -0.4 is 15.5 Å². The van der Waals surface area contributed by atoms with Crippen LogP contribution in [-0.4, -0.2) is 41.9 Å². The van der Waals surface area contributed by atoms with E-state index in [2.05, 4.69) is 6.07 Å². The molecular weight excluding hydrogens is 392 g/mol. The van der Waals surface area contributed by atoms with Crippen LogP contribution in [0.4, 0.5) is 11.4 Å². The number of amides is 1. The maximum Gasteiger partial charge on any atom is 0.326 e. The summed E-state index contributed by atoms with van der Waals surface area (Å²) in [6.45, 7) is 1.46. The second kappa shape index (κ2) is 8.79. The zero-order chi connectivity index (χ0) is 22.0. The number of aryl methyl sites for hydroxylation is 2. The number of rotatable bonds is 6. The normalized spacial score (nSPS) is 18.0. The fraction of sp³-hybridized carbons (Fsp3) is 0.375. The average Bonchev–Trinajstić information content (AvgIpc) is 3.27. The number of aliphatic carboxylic acids is 1. The minimum Gasteiger partial charge on any atom is -0.480 e. The van der Waals surface area contributed by atoms with Crippen molar-refractivity contribution in [2.24, 2.45) is 5.73 Å². The van der Waals surface area contributed by atoms with E-state index in [4.69, 9.17) is 11.1 Å². The minimum atomic E-state index is -0.775. The van der Waals surface area contributed by atoms with Gasteiger partial charge in [-0.3, -0.25) is 10.2 Å². The molecule has 1 atom stereocenters. The van der Waals surface area contributed by atoms with Gasteiger partial charge in [-0.15, -0.1) is 0 Å². The average molecular weight is 421 g/mol. The van der Waals surface area contributed by atoms with Crippen LogP contribution in [0.3, 0.4) is 0 Å². The van der Waals surface area contributed by atoms with Gasteiger partial charge in [-0.1, -0.05) is 24.3 Å². The van der Waals surface area contributed by atoms with E-state index in [1.165, 1.54) is 0 Å². The number of carbonyl (C=O) groups is 2. The van der Waals surface area contributed by atoms with Gasteiger partial charge < -0.3 is 20.6 Å². The highest BCUT2D eigenvalue weighted by atomic mass is 16.4. The monoisotopic (exact) mass is 420 g/mol. The van der Waals surface area contributed by atoms with Crippen LogP contribution in [0.2, 0.25) is 0 Å². The Labute approximate surface area is 182 Å². The number of carboxylic acid groups (broad SMARTS) is 1. The Bertz CT molecular complexity index is 1000. The highest BCUT2D eigenvalue weighted by Crippen LogP contribution is 2.34. The van der Waals surface area contributed by atoms with E-state index < -0.39 is 12.0 Å². The van der Waals surface area contributed by atoms with Gasteiger partial charge in [0.2, 0.25) is 5.91 Å². The van der Waals surface area contributed by atoms with Crippen LogP contribution in [-0.2, 0) is 22.4 Å². The summed E-state index contributed by atoms with van der Waals surface area (Å²) >= 11 is 0. The molecule has 2 aliphatic heterocycles. The molecule has 2 aliphatic rings. The van der Waals surface area contributed by atoms with Gasteiger partial charge in [-0.25, -0.2) is 4.79 Å². The minimum absolute atomic E-state index is 0.0375. The lowest BCUT2D eigenvalue weighted by molar-refractivity contribution is -0.138. The van der Waals surface area contributed by atoms with Crippen molar-refractivity contribution >= 4 is 29.1 Å². The summed E-state index contributed by atoms with van der Waals surface area (Å²) in [5, 5.41) is 16.9. The van der Waals surface area contributed by atoms with E-state index in [0.29, 0.717) is 31.4 Å². The molecule has 31 heavy (non-hydrogen) atoms. The highest BCUT2D eigenvalue weighted by Gasteiger charge is 2.31. The summed E-state index contributed by atoms with van der Waals surface area (Å²) in [4.78, 5) is 28.4. The molecule has 2 aromatic carbocycles. The number of carbonyl (C=O) groups excluding carboxylic acids is 1. The third-order valence-corrected chi connectivity index (χ3v) is 6.24. The van der Waals surface area contributed by atoms with Gasteiger partial charge in [-0.2, -0.15) is 0 Å². The Hall–Kier alpha value is -3.35. The highest BCUT2D eigenvalue weighted by molar-refractivity contribution is 5.96.